The number of aromatic nitrogens is 4. The predicted molar refractivity (Wildman–Crippen MR) is 86.6 cm³/mol. The van der Waals surface area contributed by atoms with E-state index in [-0.39, 0.29) is 5.69 Å². The molecular weight excluding hydrogens is 296 g/mol. The minimum atomic E-state index is -0.209. The van der Waals surface area contributed by atoms with E-state index in [0.29, 0.717) is 30.1 Å². The molecule has 0 saturated carbocycles. The van der Waals surface area contributed by atoms with Crippen molar-refractivity contribution in [2.24, 2.45) is 0 Å². The highest BCUT2D eigenvalue weighted by Gasteiger charge is 2.11. The van der Waals surface area contributed by atoms with Crippen molar-refractivity contribution in [1.29, 1.82) is 0 Å². The molecular formula is C16H18N4O3. The molecule has 0 saturated heterocycles. The molecule has 0 radical (unpaired) electrons. The Balaban J connectivity index is 2.03. The molecule has 1 aromatic carbocycles. The van der Waals surface area contributed by atoms with Crippen LogP contribution in [-0.2, 0) is 11.3 Å². The fraction of sp³-hybridized carbons (Fsp3) is 0.312. The van der Waals surface area contributed by atoms with Crippen molar-refractivity contribution in [2.75, 3.05) is 20.8 Å². The molecule has 1 N–H and O–H groups in total. The largest absolute Gasteiger partial charge is 0.497 e. The van der Waals surface area contributed by atoms with Gasteiger partial charge in [-0.05, 0) is 18.6 Å². The van der Waals surface area contributed by atoms with Crippen LogP contribution in [0.2, 0.25) is 0 Å². The summed E-state index contributed by atoms with van der Waals surface area (Å²) in [4.78, 5) is 23.7. The van der Waals surface area contributed by atoms with Gasteiger partial charge in [0.05, 0.1) is 19.0 Å². The number of ether oxygens (including phenoxy) is 2. The number of aryl methyl sites for hydroxylation is 1. The minimum Gasteiger partial charge on any atom is -0.497 e. The van der Waals surface area contributed by atoms with Crippen LogP contribution in [0.4, 0.5) is 0 Å². The number of benzene rings is 1. The average Bonchev–Trinajstić information content (AvgIpc) is 2.90. The van der Waals surface area contributed by atoms with Gasteiger partial charge in [0.1, 0.15) is 5.75 Å². The van der Waals surface area contributed by atoms with Gasteiger partial charge >= 0.3 is 5.69 Å². The van der Waals surface area contributed by atoms with E-state index < -0.39 is 0 Å². The Kier molecular flexibility index (Phi) is 4.38. The number of fused-ring (bicyclic) bond motifs is 1. The van der Waals surface area contributed by atoms with Crippen LogP contribution < -0.4 is 10.4 Å². The van der Waals surface area contributed by atoms with Gasteiger partial charge in [-0.3, -0.25) is 9.55 Å². The fourth-order valence-electron chi connectivity index (χ4n) is 2.42. The molecule has 0 amide bonds. The first-order valence-corrected chi connectivity index (χ1v) is 7.32. The van der Waals surface area contributed by atoms with E-state index in [1.165, 1.54) is 0 Å². The third-order valence-electron chi connectivity index (χ3n) is 3.58. The van der Waals surface area contributed by atoms with Crippen LogP contribution in [0.15, 0.2) is 35.3 Å². The summed E-state index contributed by atoms with van der Waals surface area (Å²) in [6.07, 6.45) is 2.38. The first kappa shape index (κ1) is 15.2. The van der Waals surface area contributed by atoms with Crippen molar-refractivity contribution in [3.05, 3.63) is 40.9 Å². The van der Waals surface area contributed by atoms with E-state index in [1.807, 2.05) is 24.3 Å². The lowest BCUT2D eigenvalue weighted by Gasteiger charge is -2.05. The minimum absolute atomic E-state index is 0.209. The Morgan fingerprint density at radius 3 is 2.96 bits per heavy atom. The summed E-state index contributed by atoms with van der Waals surface area (Å²) in [5.41, 5.74) is 2.40. The van der Waals surface area contributed by atoms with E-state index >= 15 is 0 Å². The number of nitrogens with one attached hydrogen (secondary N) is 1. The zero-order valence-electron chi connectivity index (χ0n) is 13.1. The van der Waals surface area contributed by atoms with Crippen molar-refractivity contribution in [1.82, 2.24) is 19.5 Å². The quantitative estimate of drug-likeness (QED) is 0.702. The van der Waals surface area contributed by atoms with Crippen molar-refractivity contribution in [3.8, 4) is 17.0 Å². The second kappa shape index (κ2) is 6.62. The topological polar surface area (TPSA) is 82.0 Å². The molecule has 0 aliphatic heterocycles. The predicted octanol–water partition coefficient (Wildman–Crippen LogP) is 1.83. The first-order chi connectivity index (χ1) is 11.2. The van der Waals surface area contributed by atoms with Crippen LogP contribution in [0.1, 0.15) is 6.42 Å². The molecule has 7 heteroatoms. The Bertz CT molecular complexity index is 869. The lowest BCUT2D eigenvalue weighted by molar-refractivity contribution is 0.190. The highest BCUT2D eigenvalue weighted by atomic mass is 16.5. The number of aromatic amines is 1. The molecule has 0 fully saturated rings. The molecule has 0 aliphatic carbocycles. The zero-order chi connectivity index (χ0) is 16.2. The number of methoxy groups -OCH3 is 2. The normalized spacial score (nSPS) is 11.0. The van der Waals surface area contributed by atoms with E-state index in [2.05, 4.69) is 15.0 Å². The van der Waals surface area contributed by atoms with Gasteiger partial charge in [0.15, 0.2) is 11.3 Å². The van der Waals surface area contributed by atoms with Gasteiger partial charge in [0.2, 0.25) is 0 Å². The molecule has 120 valence electrons. The highest BCUT2D eigenvalue weighted by molar-refractivity contribution is 5.71. The third kappa shape index (κ3) is 3.09. The second-order valence-corrected chi connectivity index (χ2v) is 5.09. The molecule has 23 heavy (non-hydrogen) atoms. The van der Waals surface area contributed by atoms with Crippen LogP contribution in [0.3, 0.4) is 0 Å². The maximum Gasteiger partial charge on any atom is 0.328 e. The maximum atomic E-state index is 12.0. The maximum absolute atomic E-state index is 12.0. The number of hydrogen-bond acceptors (Lipinski definition) is 5. The molecule has 0 unspecified atom stereocenters. The van der Waals surface area contributed by atoms with E-state index in [4.69, 9.17) is 9.47 Å². The summed E-state index contributed by atoms with van der Waals surface area (Å²) in [5.74, 6) is 0.746. The molecule has 2 heterocycles. The van der Waals surface area contributed by atoms with Gasteiger partial charge in [-0.2, -0.15) is 0 Å². The molecule has 0 aliphatic rings. The fourth-order valence-corrected chi connectivity index (χ4v) is 2.42. The first-order valence-electron chi connectivity index (χ1n) is 7.32. The van der Waals surface area contributed by atoms with Crippen LogP contribution in [0, 0.1) is 0 Å². The van der Waals surface area contributed by atoms with E-state index in [1.54, 1.807) is 25.0 Å². The molecule has 0 atom stereocenters. The summed E-state index contributed by atoms with van der Waals surface area (Å²) in [6.45, 7) is 1.12. The molecule has 2 aromatic heterocycles. The van der Waals surface area contributed by atoms with Gasteiger partial charge in [-0.15, -0.1) is 0 Å². The van der Waals surface area contributed by atoms with Crippen LogP contribution in [0.5, 0.6) is 5.75 Å². The molecule has 3 aromatic rings. The SMILES string of the molecule is COCCCn1c(=O)[nH]c2ncc(-c3cccc(OC)c3)nc21. The number of imidazole rings is 1. The summed E-state index contributed by atoms with van der Waals surface area (Å²) in [7, 11) is 3.26. The third-order valence-corrected chi connectivity index (χ3v) is 3.58. The van der Waals surface area contributed by atoms with Gasteiger partial charge in [-0.25, -0.2) is 14.8 Å². The second-order valence-electron chi connectivity index (χ2n) is 5.09. The Morgan fingerprint density at radius 2 is 2.17 bits per heavy atom. The van der Waals surface area contributed by atoms with Crippen LogP contribution in [0.25, 0.3) is 22.6 Å². The Morgan fingerprint density at radius 1 is 1.30 bits per heavy atom. The molecule has 3 rings (SSSR count). The van der Waals surface area contributed by atoms with Gasteiger partial charge < -0.3 is 9.47 Å². The number of H-pyrrole nitrogens is 1. The molecule has 7 nitrogen and oxygen atoms in total. The number of hydrogen-bond donors (Lipinski definition) is 1. The average molecular weight is 314 g/mol. The lowest BCUT2D eigenvalue weighted by Crippen LogP contribution is -2.18. The lowest BCUT2D eigenvalue weighted by atomic mass is 10.1. The van der Waals surface area contributed by atoms with Crippen molar-refractivity contribution in [2.45, 2.75) is 13.0 Å². The summed E-state index contributed by atoms with van der Waals surface area (Å²) < 4.78 is 11.9. The zero-order valence-corrected chi connectivity index (χ0v) is 13.1. The van der Waals surface area contributed by atoms with Crippen LogP contribution >= 0.6 is 0 Å². The van der Waals surface area contributed by atoms with Crippen LogP contribution in [-0.4, -0.2) is 40.3 Å². The monoisotopic (exact) mass is 314 g/mol. The van der Waals surface area contributed by atoms with Gasteiger partial charge in [-0.1, -0.05) is 12.1 Å². The summed E-state index contributed by atoms with van der Waals surface area (Å²) >= 11 is 0. The van der Waals surface area contributed by atoms with Crippen molar-refractivity contribution < 1.29 is 9.47 Å². The Labute approximate surface area is 132 Å². The standard InChI is InChI=1S/C16H18N4O3/c1-22-8-4-7-20-15-14(19-16(20)21)17-10-13(18-15)11-5-3-6-12(9-11)23-2/h3,5-6,9-10H,4,7-8H2,1-2H3,(H,17,19,21). The summed E-state index contributed by atoms with van der Waals surface area (Å²) in [5, 5.41) is 0. The van der Waals surface area contributed by atoms with Crippen molar-refractivity contribution in [3.63, 3.8) is 0 Å². The molecule has 0 spiro atoms. The van der Waals surface area contributed by atoms with E-state index in [0.717, 1.165) is 17.7 Å². The number of rotatable bonds is 6. The number of nitrogens with zero attached hydrogens (tertiary/aromatic N) is 3. The smallest absolute Gasteiger partial charge is 0.328 e. The Hall–Kier alpha value is -2.67. The van der Waals surface area contributed by atoms with E-state index in [9.17, 15) is 4.79 Å². The van der Waals surface area contributed by atoms with Crippen molar-refractivity contribution >= 4 is 11.3 Å². The van der Waals surface area contributed by atoms with Gasteiger partial charge in [0, 0.05) is 25.8 Å². The summed E-state index contributed by atoms with van der Waals surface area (Å²) in [6, 6.07) is 7.57. The highest BCUT2D eigenvalue weighted by Crippen LogP contribution is 2.22. The van der Waals surface area contributed by atoms with Gasteiger partial charge in [0.25, 0.3) is 0 Å². The molecule has 0 bridgehead atoms.